The summed E-state index contributed by atoms with van der Waals surface area (Å²) in [6.07, 6.45) is 1.83. The van der Waals surface area contributed by atoms with Gasteiger partial charge in [0.2, 0.25) is 0 Å². The van der Waals surface area contributed by atoms with E-state index in [4.69, 9.17) is 15.0 Å². The molecule has 7 aromatic carbocycles. The highest BCUT2D eigenvalue weighted by atomic mass is 14.8. The summed E-state index contributed by atoms with van der Waals surface area (Å²) < 4.78 is 0. The number of hydrogen-bond acceptors (Lipinski definition) is 4. The Hall–Kier alpha value is -7.30. The van der Waals surface area contributed by atoms with Gasteiger partial charge in [0, 0.05) is 44.4 Å². The van der Waals surface area contributed by atoms with Crippen molar-refractivity contribution in [1.29, 1.82) is 0 Å². The Morgan fingerprint density at radius 1 is 0.296 bits per heavy atom. The van der Waals surface area contributed by atoms with Crippen LogP contribution < -0.4 is 0 Å². The van der Waals surface area contributed by atoms with Crippen LogP contribution in [-0.2, 0) is 0 Å². The molecule has 0 aliphatic heterocycles. The minimum atomic E-state index is 0.920. The molecule has 0 unspecified atom stereocenters. The van der Waals surface area contributed by atoms with Crippen LogP contribution in [0.15, 0.2) is 182 Å². The van der Waals surface area contributed by atoms with E-state index in [1.54, 1.807) is 0 Å². The van der Waals surface area contributed by atoms with Gasteiger partial charge in [0.05, 0.1) is 39.1 Å². The topological polar surface area (TPSA) is 51.6 Å². The molecule has 0 saturated carbocycles. The first-order chi connectivity index (χ1) is 26.7. The third-order valence-corrected chi connectivity index (χ3v) is 10.7. The third kappa shape index (κ3) is 5.07. The molecule has 11 rings (SSSR count). The molecule has 11 aromatic rings. The first-order valence-electron chi connectivity index (χ1n) is 18.2. The van der Waals surface area contributed by atoms with Gasteiger partial charge >= 0.3 is 0 Å². The maximum absolute atomic E-state index is 5.16. The van der Waals surface area contributed by atoms with Crippen molar-refractivity contribution in [2.45, 2.75) is 0 Å². The molecule has 0 spiro atoms. The standard InChI is InChI=1S/C50H30N4/c1-2-8-40-38(6-1)29-43(42-10-4-3-9-41(40)42)47-26-22-39-28-36(21-25-46(39)52-47)37-18-15-33-19-23-44(53-48(33)30-37)31-11-13-32(14-12-31)45-24-20-35-17-16-34-7-5-27-51-49(34)50(35)54-45/h1-30H. The second-order valence-corrected chi connectivity index (χ2v) is 13.9. The normalized spacial score (nSPS) is 11.7. The lowest BCUT2D eigenvalue weighted by atomic mass is 9.95. The van der Waals surface area contributed by atoms with Crippen LogP contribution in [0.25, 0.3) is 110 Å². The maximum Gasteiger partial charge on any atom is 0.0972 e. The molecule has 0 aliphatic carbocycles. The first kappa shape index (κ1) is 30.3. The molecule has 0 fully saturated rings. The minimum Gasteiger partial charge on any atom is -0.254 e. The fourth-order valence-electron chi connectivity index (χ4n) is 7.88. The summed E-state index contributed by atoms with van der Waals surface area (Å²) in [6.45, 7) is 0. The van der Waals surface area contributed by atoms with Crippen molar-refractivity contribution in [3.05, 3.63) is 182 Å². The summed E-state index contributed by atoms with van der Waals surface area (Å²) in [5.41, 5.74) is 12.1. The molecule has 0 amide bonds. The second kappa shape index (κ2) is 12.1. The Morgan fingerprint density at radius 2 is 0.870 bits per heavy atom. The average molecular weight is 687 g/mol. The Bertz CT molecular complexity index is 3280. The predicted octanol–water partition coefficient (Wildman–Crippen LogP) is 12.9. The van der Waals surface area contributed by atoms with Crippen molar-refractivity contribution >= 4 is 65.2 Å². The summed E-state index contributed by atoms with van der Waals surface area (Å²) >= 11 is 0. The lowest BCUT2D eigenvalue weighted by Crippen LogP contribution is -1.90. The number of hydrogen-bond donors (Lipinski definition) is 0. The van der Waals surface area contributed by atoms with Crippen molar-refractivity contribution in [2.24, 2.45) is 0 Å². The SMILES string of the molecule is c1ccc2c(c1)cc(-c1ccc3cc(-c4ccc5ccc(-c6ccc(-c7ccc8ccc9cccnc9c8n7)cc6)nc5c4)ccc3n1)c1ccccc12. The van der Waals surface area contributed by atoms with Crippen LogP contribution in [0.1, 0.15) is 0 Å². The van der Waals surface area contributed by atoms with Gasteiger partial charge in [0.15, 0.2) is 0 Å². The predicted molar refractivity (Wildman–Crippen MR) is 224 cm³/mol. The van der Waals surface area contributed by atoms with Gasteiger partial charge in [-0.05, 0) is 81.2 Å². The summed E-state index contributed by atoms with van der Waals surface area (Å²) in [6, 6.07) is 62.1. The van der Waals surface area contributed by atoms with Crippen molar-refractivity contribution < 1.29 is 0 Å². The number of aromatic nitrogens is 4. The van der Waals surface area contributed by atoms with E-state index in [9.17, 15) is 0 Å². The Labute approximate surface area is 311 Å². The molecule has 4 nitrogen and oxygen atoms in total. The van der Waals surface area contributed by atoms with Gasteiger partial charge in [-0.1, -0.05) is 127 Å². The Kier molecular flexibility index (Phi) is 6.82. The summed E-state index contributed by atoms with van der Waals surface area (Å²) in [5.74, 6) is 0. The lowest BCUT2D eigenvalue weighted by Gasteiger charge is -2.12. The smallest absolute Gasteiger partial charge is 0.0972 e. The average Bonchev–Trinajstić information content (AvgIpc) is 3.25. The fraction of sp³-hybridized carbons (Fsp3) is 0. The van der Waals surface area contributed by atoms with E-state index >= 15 is 0 Å². The number of pyridine rings is 4. The van der Waals surface area contributed by atoms with Gasteiger partial charge in [-0.15, -0.1) is 0 Å². The van der Waals surface area contributed by atoms with Crippen molar-refractivity contribution in [1.82, 2.24) is 19.9 Å². The molecule has 0 N–H and O–H groups in total. The molecule has 0 saturated heterocycles. The van der Waals surface area contributed by atoms with Crippen molar-refractivity contribution in [3.63, 3.8) is 0 Å². The number of rotatable bonds is 4. The van der Waals surface area contributed by atoms with Crippen LogP contribution in [0.5, 0.6) is 0 Å². The molecule has 0 atom stereocenters. The van der Waals surface area contributed by atoms with E-state index in [0.717, 1.165) is 88.5 Å². The highest BCUT2D eigenvalue weighted by molar-refractivity contribution is 6.13. The van der Waals surface area contributed by atoms with Crippen LogP contribution in [0.4, 0.5) is 0 Å². The molecule has 54 heavy (non-hydrogen) atoms. The highest BCUT2D eigenvalue weighted by Gasteiger charge is 2.12. The minimum absolute atomic E-state index is 0.920. The van der Waals surface area contributed by atoms with Gasteiger partial charge in [-0.3, -0.25) is 4.98 Å². The van der Waals surface area contributed by atoms with E-state index < -0.39 is 0 Å². The van der Waals surface area contributed by atoms with E-state index in [-0.39, 0.29) is 0 Å². The molecular weight excluding hydrogens is 657 g/mol. The van der Waals surface area contributed by atoms with Crippen LogP contribution >= 0.6 is 0 Å². The third-order valence-electron chi connectivity index (χ3n) is 10.7. The molecule has 0 aliphatic rings. The van der Waals surface area contributed by atoms with Gasteiger partial charge < -0.3 is 0 Å². The van der Waals surface area contributed by atoms with E-state index in [1.807, 2.05) is 12.3 Å². The zero-order valence-corrected chi connectivity index (χ0v) is 29.1. The first-order valence-corrected chi connectivity index (χ1v) is 18.2. The van der Waals surface area contributed by atoms with E-state index in [0.29, 0.717) is 0 Å². The molecule has 4 heteroatoms. The lowest BCUT2D eigenvalue weighted by molar-refractivity contribution is 1.36. The Balaban J connectivity index is 0.905. The summed E-state index contributed by atoms with van der Waals surface area (Å²) in [7, 11) is 0. The number of nitrogens with zero attached hydrogens (tertiary/aromatic N) is 4. The molecule has 250 valence electrons. The molecule has 0 radical (unpaired) electrons. The van der Waals surface area contributed by atoms with Crippen LogP contribution in [0.2, 0.25) is 0 Å². The van der Waals surface area contributed by atoms with Crippen LogP contribution in [0.3, 0.4) is 0 Å². The van der Waals surface area contributed by atoms with Gasteiger partial charge in [-0.2, -0.15) is 0 Å². The molecule has 0 bridgehead atoms. The van der Waals surface area contributed by atoms with E-state index in [1.165, 1.54) is 21.5 Å². The van der Waals surface area contributed by atoms with Crippen LogP contribution in [-0.4, -0.2) is 19.9 Å². The van der Waals surface area contributed by atoms with Gasteiger partial charge in [0.1, 0.15) is 0 Å². The monoisotopic (exact) mass is 686 g/mol. The second-order valence-electron chi connectivity index (χ2n) is 13.9. The maximum atomic E-state index is 5.16. The number of benzene rings is 7. The van der Waals surface area contributed by atoms with Gasteiger partial charge in [0.25, 0.3) is 0 Å². The van der Waals surface area contributed by atoms with E-state index in [2.05, 4.69) is 175 Å². The van der Waals surface area contributed by atoms with Gasteiger partial charge in [-0.25, -0.2) is 15.0 Å². The van der Waals surface area contributed by atoms with Crippen LogP contribution in [0, 0.1) is 0 Å². The largest absolute Gasteiger partial charge is 0.254 e. The summed E-state index contributed by atoms with van der Waals surface area (Å²) in [5, 5.41) is 9.33. The number of fused-ring (bicyclic) bond motifs is 8. The fourth-order valence-corrected chi connectivity index (χ4v) is 7.88. The Morgan fingerprint density at radius 3 is 1.72 bits per heavy atom. The molecular formula is C50H30N4. The zero-order valence-electron chi connectivity index (χ0n) is 29.1. The van der Waals surface area contributed by atoms with Crippen molar-refractivity contribution in [3.8, 4) is 44.9 Å². The summed E-state index contributed by atoms with van der Waals surface area (Å²) in [4.78, 5) is 19.9. The zero-order chi connectivity index (χ0) is 35.6. The molecule has 4 aromatic heterocycles. The quantitative estimate of drug-likeness (QED) is 0.173. The highest BCUT2D eigenvalue weighted by Crippen LogP contribution is 2.36. The van der Waals surface area contributed by atoms with Crippen molar-refractivity contribution in [2.75, 3.05) is 0 Å². The molecule has 4 heterocycles.